The average Bonchev–Trinajstić information content (AvgIpc) is 2.83. The molecule has 0 aromatic carbocycles. The van der Waals surface area contributed by atoms with Crippen LogP contribution in [0.5, 0.6) is 0 Å². The third-order valence-electron chi connectivity index (χ3n) is 3.74. The standard InChI is InChI=1S/C14H24N4OS/c1-10(2)13(15)14(19)18-6-4-17(5-7-18)8-12-9-20-11(3)16-12/h9-10,13H,4-8,15H2,1-3H3/t13-/m1/s1. The second kappa shape index (κ2) is 6.65. The maximum absolute atomic E-state index is 12.2. The van der Waals surface area contributed by atoms with Crippen molar-refractivity contribution in [3.05, 3.63) is 16.1 Å². The molecular formula is C14H24N4OS. The van der Waals surface area contributed by atoms with Gasteiger partial charge in [-0.25, -0.2) is 4.98 Å². The van der Waals surface area contributed by atoms with Gasteiger partial charge in [-0.3, -0.25) is 9.69 Å². The van der Waals surface area contributed by atoms with E-state index in [1.807, 2.05) is 25.7 Å². The first-order valence-corrected chi connectivity index (χ1v) is 8.03. The topological polar surface area (TPSA) is 62.5 Å². The molecule has 1 amide bonds. The van der Waals surface area contributed by atoms with Crippen molar-refractivity contribution in [2.24, 2.45) is 11.7 Å². The lowest BCUT2D eigenvalue weighted by Gasteiger charge is -2.36. The Labute approximate surface area is 124 Å². The lowest BCUT2D eigenvalue weighted by atomic mass is 10.0. The Morgan fingerprint density at radius 2 is 2.05 bits per heavy atom. The highest BCUT2D eigenvalue weighted by atomic mass is 32.1. The Kier molecular flexibility index (Phi) is 5.12. The van der Waals surface area contributed by atoms with E-state index in [0.29, 0.717) is 0 Å². The molecule has 0 bridgehead atoms. The highest BCUT2D eigenvalue weighted by Crippen LogP contribution is 2.13. The third-order valence-corrected chi connectivity index (χ3v) is 4.56. The Balaban J connectivity index is 1.82. The van der Waals surface area contributed by atoms with E-state index >= 15 is 0 Å². The molecule has 2 heterocycles. The number of rotatable bonds is 4. The zero-order chi connectivity index (χ0) is 14.7. The van der Waals surface area contributed by atoms with Crippen molar-refractivity contribution in [2.75, 3.05) is 26.2 Å². The number of hydrogen-bond acceptors (Lipinski definition) is 5. The van der Waals surface area contributed by atoms with Crippen LogP contribution in [0.2, 0.25) is 0 Å². The number of carbonyl (C=O) groups excluding carboxylic acids is 1. The number of amides is 1. The maximum atomic E-state index is 12.2. The van der Waals surface area contributed by atoms with Gasteiger partial charge in [0.05, 0.1) is 16.7 Å². The van der Waals surface area contributed by atoms with Gasteiger partial charge in [0.2, 0.25) is 5.91 Å². The van der Waals surface area contributed by atoms with Crippen LogP contribution in [0.3, 0.4) is 0 Å². The van der Waals surface area contributed by atoms with Gasteiger partial charge in [0.25, 0.3) is 0 Å². The monoisotopic (exact) mass is 296 g/mol. The molecule has 0 aliphatic carbocycles. The van der Waals surface area contributed by atoms with Gasteiger partial charge in [0.15, 0.2) is 0 Å². The van der Waals surface area contributed by atoms with Gasteiger partial charge in [0, 0.05) is 38.1 Å². The average molecular weight is 296 g/mol. The van der Waals surface area contributed by atoms with Crippen molar-refractivity contribution in [1.29, 1.82) is 0 Å². The highest BCUT2D eigenvalue weighted by Gasteiger charge is 2.26. The van der Waals surface area contributed by atoms with Gasteiger partial charge in [-0.05, 0) is 12.8 Å². The van der Waals surface area contributed by atoms with Crippen LogP contribution in [0.1, 0.15) is 24.5 Å². The fraction of sp³-hybridized carbons (Fsp3) is 0.714. The van der Waals surface area contributed by atoms with Crippen molar-refractivity contribution in [2.45, 2.75) is 33.4 Å². The molecular weight excluding hydrogens is 272 g/mol. The summed E-state index contributed by atoms with van der Waals surface area (Å²) in [5.74, 6) is 0.280. The van der Waals surface area contributed by atoms with Crippen molar-refractivity contribution in [3.63, 3.8) is 0 Å². The molecule has 20 heavy (non-hydrogen) atoms. The van der Waals surface area contributed by atoms with Crippen molar-refractivity contribution >= 4 is 17.2 Å². The van der Waals surface area contributed by atoms with Crippen LogP contribution in [-0.4, -0.2) is 52.9 Å². The van der Waals surface area contributed by atoms with Crippen LogP contribution >= 0.6 is 11.3 Å². The summed E-state index contributed by atoms with van der Waals surface area (Å²) in [6.07, 6.45) is 0. The molecule has 5 nitrogen and oxygen atoms in total. The van der Waals surface area contributed by atoms with Crippen LogP contribution < -0.4 is 5.73 Å². The summed E-state index contributed by atoms with van der Waals surface area (Å²) in [6, 6.07) is -0.372. The molecule has 0 unspecified atom stereocenters. The molecule has 1 aliphatic heterocycles. The molecule has 0 spiro atoms. The highest BCUT2D eigenvalue weighted by molar-refractivity contribution is 7.09. The van der Waals surface area contributed by atoms with Crippen LogP contribution in [0, 0.1) is 12.8 Å². The van der Waals surface area contributed by atoms with Gasteiger partial charge < -0.3 is 10.6 Å². The summed E-state index contributed by atoms with van der Waals surface area (Å²) >= 11 is 1.69. The fourth-order valence-electron chi connectivity index (χ4n) is 2.33. The molecule has 1 aromatic heterocycles. The molecule has 2 rings (SSSR count). The SMILES string of the molecule is Cc1nc(CN2CCN(C(=O)[C@H](N)C(C)C)CC2)cs1. The first-order valence-electron chi connectivity index (χ1n) is 7.15. The number of aromatic nitrogens is 1. The molecule has 1 fully saturated rings. The lowest BCUT2D eigenvalue weighted by molar-refractivity contribution is -0.135. The van der Waals surface area contributed by atoms with Gasteiger partial charge in [-0.2, -0.15) is 0 Å². The predicted octanol–water partition coefficient (Wildman–Crippen LogP) is 1.08. The van der Waals surface area contributed by atoms with Gasteiger partial charge in [0.1, 0.15) is 0 Å². The van der Waals surface area contributed by atoms with E-state index in [-0.39, 0.29) is 17.9 Å². The summed E-state index contributed by atoms with van der Waals surface area (Å²) in [6.45, 7) is 10.2. The number of nitrogens with two attached hydrogens (primary N) is 1. The molecule has 1 saturated heterocycles. The molecule has 2 N–H and O–H groups in total. The van der Waals surface area contributed by atoms with E-state index in [1.165, 1.54) is 0 Å². The molecule has 112 valence electrons. The lowest BCUT2D eigenvalue weighted by Crippen LogP contribution is -2.54. The van der Waals surface area contributed by atoms with E-state index < -0.39 is 0 Å². The number of hydrogen-bond donors (Lipinski definition) is 1. The number of piperazine rings is 1. The maximum Gasteiger partial charge on any atom is 0.239 e. The second-order valence-electron chi connectivity index (χ2n) is 5.73. The van der Waals surface area contributed by atoms with Crippen LogP contribution in [0.15, 0.2) is 5.38 Å². The third kappa shape index (κ3) is 3.77. The van der Waals surface area contributed by atoms with Gasteiger partial charge in [-0.1, -0.05) is 13.8 Å². The molecule has 6 heteroatoms. The number of nitrogens with zero attached hydrogens (tertiary/aromatic N) is 3. The Hall–Kier alpha value is -0.980. The minimum Gasteiger partial charge on any atom is -0.339 e. The van der Waals surface area contributed by atoms with Gasteiger partial charge in [-0.15, -0.1) is 11.3 Å². The smallest absolute Gasteiger partial charge is 0.239 e. The quantitative estimate of drug-likeness (QED) is 0.903. The first-order chi connectivity index (χ1) is 9.47. The predicted molar refractivity (Wildman–Crippen MR) is 81.5 cm³/mol. The van der Waals surface area contributed by atoms with Crippen molar-refractivity contribution in [1.82, 2.24) is 14.8 Å². The van der Waals surface area contributed by atoms with Crippen LogP contribution in [0.4, 0.5) is 0 Å². The summed E-state index contributed by atoms with van der Waals surface area (Å²) in [7, 11) is 0. The Morgan fingerprint density at radius 3 is 2.55 bits per heavy atom. The zero-order valence-corrected chi connectivity index (χ0v) is 13.3. The first kappa shape index (κ1) is 15.4. The van der Waals surface area contributed by atoms with Crippen molar-refractivity contribution in [3.8, 4) is 0 Å². The summed E-state index contributed by atoms with van der Waals surface area (Å²) in [5.41, 5.74) is 7.07. The molecule has 1 atom stereocenters. The summed E-state index contributed by atoms with van der Waals surface area (Å²) in [4.78, 5) is 20.9. The fourth-order valence-corrected chi connectivity index (χ4v) is 2.94. The summed E-state index contributed by atoms with van der Waals surface area (Å²) in [5, 5.41) is 3.22. The van der Waals surface area contributed by atoms with E-state index in [2.05, 4.69) is 15.3 Å². The van der Waals surface area contributed by atoms with Gasteiger partial charge >= 0.3 is 0 Å². The van der Waals surface area contributed by atoms with E-state index in [0.717, 1.165) is 43.4 Å². The molecule has 0 radical (unpaired) electrons. The zero-order valence-electron chi connectivity index (χ0n) is 12.5. The van der Waals surface area contributed by atoms with E-state index in [1.54, 1.807) is 11.3 Å². The number of aryl methyl sites for hydroxylation is 1. The second-order valence-corrected chi connectivity index (χ2v) is 6.79. The molecule has 0 saturated carbocycles. The Bertz CT molecular complexity index is 452. The number of thiazole rings is 1. The molecule has 1 aromatic rings. The van der Waals surface area contributed by atoms with Crippen molar-refractivity contribution < 1.29 is 4.79 Å². The number of carbonyl (C=O) groups is 1. The van der Waals surface area contributed by atoms with E-state index in [9.17, 15) is 4.79 Å². The molecule has 1 aliphatic rings. The normalized spacial score (nSPS) is 18.6. The minimum atomic E-state index is -0.372. The largest absolute Gasteiger partial charge is 0.339 e. The summed E-state index contributed by atoms with van der Waals surface area (Å²) < 4.78 is 0. The minimum absolute atomic E-state index is 0.0872. The van der Waals surface area contributed by atoms with E-state index in [4.69, 9.17) is 5.73 Å². The van der Waals surface area contributed by atoms with Crippen LogP contribution in [0.25, 0.3) is 0 Å². The Morgan fingerprint density at radius 1 is 1.40 bits per heavy atom. The van der Waals surface area contributed by atoms with Crippen LogP contribution in [-0.2, 0) is 11.3 Å².